The molecule has 0 aliphatic rings. The molecule has 0 aromatic rings. The van der Waals surface area contributed by atoms with Gasteiger partial charge in [0, 0.05) is 26.4 Å². The minimum atomic E-state index is -0.274. The minimum Gasteiger partial charge on any atom is -0.349 e. The van der Waals surface area contributed by atoms with Crippen LogP contribution in [0.1, 0.15) is 41.5 Å². The first kappa shape index (κ1) is 21.1. The summed E-state index contributed by atoms with van der Waals surface area (Å²) < 4.78 is 22.2. The molecule has 0 spiro atoms. The number of allylic oxidation sites excluding steroid dienone is 4. The molecule has 22 heavy (non-hydrogen) atoms. The zero-order valence-corrected chi connectivity index (χ0v) is 14.9. The summed E-state index contributed by atoms with van der Waals surface area (Å²) in [6.45, 7) is 14.4. The summed E-state index contributed by atoms with van der Waals surface area (Å²) in [4.78, 5) is 0. The normalized spacial score (nSPS) is 13.8. The van der Waals surface area contributed by atoms with Gasteiger partial charge in [0.25, 0.3) is 0 Å². The van der Waals surface area contributed by atoms with E-state index < -0.39 is 0 Å². The lowest BCUT2D eigenvalue weighted by Crippen LogP contribution is -2.18. The van der Waals surface area contributed by atoms with E-state index in [2.05, 4.69) is 0 Å². The van der Waals surface area contributed by atoms with Crippen molar-refractivity contribution in [3.63, 3.8) is 0 Å². The molecule has 0 heterocycles. The smallest absolute Gasteiger partial charge is 0.179 e. The van der Waals surface area contributed by atoms with E-state index in [9.17, 15) is 0 Å². The summed E-state index contributed by atoms with van der Waals surface area (Å²) in [6.07, 6.45) is 7.39. The number of hydrogen-bond donors (Lipinski definition) is 0. The second-order valence-corrected chi connectivity index (χ2v) is 4.69. The van der Waals surface area contributed by atoms with Crippen molar-refractivity contribution in [2.24, 2.45) is 0 Å². The number of hydrogen-bond acceptors (Lipinski definition) is 4. The molecule has 0 amide bonds. The van der Waals surface area contributed by atoms with Gasteiger partial charge in [-0.25, -0.2) is 0 Å². The van der Waals surface area contributed by atoms with Gasteiger partial charge < -0.3 is 18.9 Å². The Hall–Kier alpha value is -0.940. The van der Waals surface area contributed by atoms with Crippen molar-refractivity contribution in [1.82, 2.24) is 0 Å². The fourth-order valence-corrected chi connectivity index (χ4v) is 1.80. The van der Waals surface area contributed by atoms with Crippen LogP contribution in [0.15, 0.2) is 35.5 Å². The maximum Gasteiger partial charge on any atom is 0.179 e. The second-order valence-electron chi connectivity index (χ2n) is 4.69. The second kappa shape index (κ2) is 13.7. The van der Waals surface area contributed by atoms with Gasteiger partial charge in [0.05, 0.1) is 0 Å². The third kappa shape index (κ3) is 9.15. The molecule has 128 valence electrons. The highest BCUT2D eigenvalue weighted by atomic mass is 16.7. The molecule has 4 heteroatoms. The van der Waals surface area contributed by atoms with Crippen molar-refractivity contribution in [3.05, 3.63) is 35.5 Å². The highest BCUT2D eigenvalue weighted by molar-refractivity contribution is 5.20. The van der Waals surface area contributed by atoms with Gasteiger partial charge in [-0.15, -0.1) is 0 Å². The molecule has 0 aromatic carbocycles. The van der Waals surface area contributed by atoms with Crippen LogP contribution in [-0.4, -0.2) is 39.0 Å². The molecular weight excluding hydrogens is 280 g/mol. The fraction of sp³-hybridized carbons (Fsp3) is 0.667. The predicted octanol–water partition coefficient (Wildman–Crippen LogP) is 4.23. The van der Waals surface area contributed by atoms with E-state index in [-0.39, 0.29) is 12.6 Å². The zero-order valence-electron chi connectivity index (χ0n) is 14.9. The van der Waals surface area contributed by atoms with Crippen LogP contribution in [-0.2, 0) is 18.9 Å². The van der Waals surface area contributed by atoms with Gasteiger partial charge in [-0.1, -0.05) is 24.3 Å². The van der Waals surface area contributed by atoms with Crippen molar-refractivity contribution in [2.45, 2.75) is 54.1 Å². The van der Waals surface area contributed by atoms with Gasteiger partial charge in [0.2, 0.25) is 0 Å². The highest BCUT2D eigenvalue weighted by Gasteiger charge is 2.09. The molecule has 4 nitrogen and oxygen atoms in total. The molecule has 0 rings (SSSR count). The van der Waals surface area contributed by atoms with Crippen molar-refractivity contribution >= 4 is 0 Å². The lowest BCUT2D eigenvalue weighted by atomic mass is 10.2. The van der Waals surface area contributed by atoms with E-state index in [1.54, 1.807) is 0 Å². The van der Waals surface area contributed by atoms with E-state index in [4.69, 9.17) is 18.9 Å². The first-order valence-electron chi connectivity index (χ1n) is 8.08. The Morgan fingerprint density at radius 2 is 0.909 bits per heavy atom. The number of rotatable bonds is 12. The summed E-state index contributed by atoms with van der Waals surface area (Å²) >= 11 is 0. The molecule has 0 aliphatic heterocycles. The summed E-state index contributed by atoms with van der Waals surface area (Å²) in [5.41, 5.74) is 2.08. The van der Waals surface area contributed by atoms with Crippen molar-refractivity contribution in [1.29, 1.82) is 0 Å². The monoisotopic (exact) mass is 312 g/mol. The van der Waals surface area contributed by atoms with Gasteiger partial charge in [0.15, 0.2) is 12.6 Å². The molecule has 0 saturated heterocycles. The topological polar surface area (TPSA) is 36.9 Å². The van der Waals surface area contributed by atoms with Crippen LogP contribution in [0.3, 0.4) is 0 Å². The van der Waals surface area contributed by atoms with Gasteiger partial charge in [-0.3, -0.25) is 0 Å². The Balaban J connectivity index is 4.66. The third-order valence-electron chi connectivity index (χ3n) is 2.85. The summed E-state index contributed by atoms with van der Waals surface area (Å²) in [5.74, 6) is 0. The van der Waals surface area contributed by atoms with E-state index >= 15 is 0 Å². The highest BCUT2D eigenvalue weighted by Crippen LogP contribution is 2.10. The average molecular weight is 312 g/mol. The first-order chi connectivity index (χ1) is 10.6. The van der Waals surface area contributed by atoms with Crippen LogP contribution < -0.4 is 0 Å². The summed E-state index contributed by atoms with van der Waals surface area (Å²) in [5, 5.41) is 0. The summed E-state index contributed by atoms with van der Waals surface area (Å²) in [7, 11) is 0. The Bertz CT molecular complexity index is 312. The molecule has 0 bridgehead atoms. The Labute approximate surface area is 135 Å². The van der Waals surface area contributed by atoms with Crippen LogP contribution in [0.4, 0.5) is 0 Å². The van der Waals surface area contributed by atoms with Gasteiger partial charge in [0.1, 0.15) is 0 Å². The molecule has 0 unspecified atom stereocenters. The van der Waals surface area contributed by atoms with Gasteiger partial charge in [-0.2, -0.15) is 0 Å². The standard InChI is InChI=1S/C18H32O4/c1-7-19-17(20-8-2)15(5)13-11-12-14-16(6)18(21-9-3)22-10-4/h11-14,17-18H,7-10H2,1-6H3. The van der Waals surface area contributed by atoms with Crippen molar-refractivity contribution in [2.75, 3.05) is 26.4 Å². The molecule has 0 radical (unpaired) electrons. The molecule has 0 saturated carbocycles. The maximum atomic E-state index is 5.54. The van der Waals surface area contributed by atoms with Crippen LogP contribution in [0.2, 0.25) is 0 Å². The van der Waals surface area contributed by atoms with Gasteiger partial charge >= 0.3 is 0 Å². The van der Waals surface area contributed by atoms with E-state index in [0.29, 0.717) is 26.4 Å². The fourth-order valence-electron chi connectivity index (χ4n) is 1.80. The lowest BCUT2D eigenvalue weighted by Gasteiger charge is -2.17. The lowest BCUT2D eigenvalue weighted by molar-refractivity contribution is -0.111. The van der Waals surface area contributed by atoms with Crippen LogP contribution in [0.25, 0.3) is 0 Å². The van der Waals surface area contributed by atoms with E-state index in [1.165, 1.54) is 0 Å². The molecule has 0 aliphatic carbocycles. The van der Waals surface area contributed by atoms with Gasteiger partial charge in [-0.05, 0) is 52.7 Å². The third-order valence-corrected chi connectivity index (χ3v) is 2.85. The number of ether oxygens (including phenoxy) is 4. The van der Waals surface area contributed by atoms with Crippen LogP contribution >= 0.6 is 0 Å². The minimum absolute atomic E-state index is 0.274. The Morgan fingerprint density at radius 1 is 0.636 bits per heavy atom. The maximum absolute atomic E-state index is 5.54. The van der Waals surface area contributed by atoms with Crippen LogP contribution in [0, 0.1) is 0 Å². The van der Waals surface area contributed by atoms with Crippen LogP contribution in [0.5, 0.6) is 0 Å². The molecular formula is C18H32O4. The average Bonchev–Trinajstić information content (AvgIpc) is 2.50. The first-order valence-corrected chi connectivity index (χ1v) is 8.08. The molecule has 0 aromatic heterocycles. The Kier molecular flexibility index (Phi) is 13.1. The molecule has 0 fully saturated rings. The quantitative estimate of drug-likeness (QED) is 0.399. The molecule has 0 N–H and O–H groups in total. The SMILES string of the molecule is CCOC(OCC)C(C)=CC=CC=C(C)C(OCC)OCC. The van der Waals surface area contributed by atoms with Crippen molar-refractivity contribution < 1.29 is 18.9 Å². The summed E-state index contributed by atoms with van der Waals surface area (Å²) in [6, 6.07) is 0. The largest absolute Gasteiger partial charge is 0.349 e. The zero-order chi connectivity index (χ0) is 16.8. The van der Waals surface area contributed by atoms with E-state index in [0.717, 1.165) is 11.1 Å². The Morgan fingerprint density at radius 3 is 1.14 bits per heavy atom. The van der Waals surface area contributed by atoms with Crippen molar-refractivity contribution in [3.8, 4) is 0 Å². The van der Waals surface area contributed by atoms with E-state index in [1.807, 2.05) is 65.8 Å². The predicted molar refractivity (Wildman–Crippen MR) is 90.7 cm³/mol. The molecule has 0 atom stereocenters.